The summed E-state index contributed by atoms with van der Waals surface area (Å²) < 4.78 is 4.83. The molecular formula is C12H19N5O4. The largest absolute Gasteiger partial charge is 0.476 e. The summed E-state index contributed by atoms with van der Waals surface area (Å²) in [6.07, 6.45) is 2.19. The number of nitrogens with one attached hydrogen (secondary N) is 2. The van der Waals surface area contributed by atoms with E-state index in [1.807, 2.05) is 13.8 Å². The molecule has 116 valence electrons. The summed E-state index contributed by atoms with van der Waals surface area (Å²) in [5.74, 6) is -0.217. The van der Waals surface area contributed by atoms with Crippen molar-refractivity contribution in [2.45, 2.75) is 32.7 Å². The SMILES string of the molecule is CCC(C)NC(=O)CCNc1ncnc(OC)c1[N+](=O)[O-]. The Morgan fingerprint density at radius 2 is 2.24 bits per heavy atom. The molecule has 1 rings (SSSR count). The Bertz CT molecular complexity index is 508. The number of rotatable bonds is 8. The van der Waals surface area contributed by atoms with Crippen molar-refractivity contribution in [1.29, 1.82) is 0 Å². The summed E-state index contributed by atoms with van der Waals surface area (Å²) in [6, 6.07) is 0.103. The Labute approximate surface area is 122 Å². The Kier molecular flexibility index (Phi) is 6.31. The zero-order valence-electron chi connectivity index (χ0n) is 12.3. The number of amides is 1. The molecule has 9 nitrogen and oxygen atoms in total. The molecule has 0 spiro atoms. The van der Waals surface area contributed by atoms with E-state index >= 15 is 0 Å². The smallest absolute Gasteiger partial charge is 0.372 e. The number of nitro groups is 1. The van der Waals surface area contributed by atoms with Gasteiger partial charge in [-0.05, 0) is 13.3 Å². The molecule has 21 heavy (non-hydrogen) atoms. The fourth-order valence-corrected chi connectivity index (χ4v) is 1.55. The second kappa shape index (κ2) is 7.98. The minimum atomic E-state index is -0.625. The summed E-state index contributed by atoms with van der Waals surface area (Å²) in [4.78, 5) is 29.5. The van der Waals surface area contributed by atoms with Crippen molar-refractivity contribution in [1.82, 2.24) is 15.3 Å². The van der Waals surface area contributed by atoms with Crippen molar-refractivity contribution in [2.24, 2.45) is 0 Å². The van der Waals surface area contributed by atoms with E-state index in [2.05, 4.69) is 20.6 Å². The van der Waals surface area contributed by atoms with Crippen LogP contribution in [-0.4, -0.2) is 40.5 Å². The predicted octanol–water partition coefficient (Wildman–Crippen LogP) is 1.11. The number of hydrogen-bond acceptors (Lipinski definition) is 7. The van der Waals surface area contributed by atoms with Gasteiger partial charge in [0.1, 0.15) is 6.33 Å². The maximum Gasteiger partial charge on any atom is 0.372 e. The zero-order valence-corrected chi connectivity index (χ0v) is 12.3. The van der Waals surface area contributed by atoms with Crippen LogP contribution >= 0.6 is 0 Å². The number of methoxy groups -OCH3 is 1. The molecule has 2 N–H and O–H groups in total. The van der Waals surface area contributed by atoms with Crippen LogP contribution < -0.4 is 15.4 Å². The molecule has 9 heteroatoms. The number of carbonyl (C=O) groups is 1. The maximum atomic E-state index is 11.6. The van der Waals surface area contributed by atoms with Crippen molar-refractivity contribution in [3.8, 4) is 5.88 Å². The minimum absolute atomic E-state index is 0.0307. The lowest BCUT2D eigenvalue weighted by Crippen LogP contribution is -2.33. The molecule has 0 aliphatic carbocycles. The van der Waals surface area contributed by atoms with Crippen LogP contribution in [0.15, 0.2) is 6.33 Å². The topological polar surface area (TPSA) is 119 Å². The predicted molar refractivity (Wildman–Crippen MR) is 76.2 cm³/mol. The maximum absolute atomic E-state index is 11.6. The van der Waals surface area contributed by atoms with Crippen molar-refractivity contribution in [3.63, 3.8) is 0 Å². The molecule has 1 aromatic heterocycles. The van der Waals surface area contributed by atoms with Crippen molar-refractivity contribution in [2.75, 3.05) is 19.0 Å². The molecule has 1 amide bonds. The van der Waals surface area contributed by atoms with Gasteiger partial charge in [-0.15, -0.1) is 0 Å². The minimum Gasteiger partial charge on any atom is -0.476 e. The highest BCUT2D eigenvalue weighted by atomic mass is 16.6. The zero-order chi connectivity index (χ0) is 15.8. The lowest BCUT2D eigenvalue weighted by molar-refractivity contribution is -0.385. The molecule has 0 saturated carbocycles. The number of nitrogens with zero attached hydrogens (tertiary/aromatic N) is 3. The first kappa shape index (κ1) is 16.6. The van der Waals surface area contributed by atoms with Gasteiger partial charge in [-0.1, -0.05) is 6.92 Å². The van der Waals surface area contributed by atoms with E-state index in [0.717, 1.165) is 12.7 Å². The van der Waals surface area contributed by atoms with Crippen LogP contribution in [0.4, 0.5) is 11.5 Å². The van der Waals surface area contributed by atoms with Gasteiger partial charge in [-0.3, -0.25) is 14.9 Å². The second-order valence-electron chi connectivity index (χ2n) is 4.39. The normalized spacial score (nSPS) is 11.6. The van der Waals surface area contributed by atoms with Crippen LogP contribution in [0.3, 0.4) is 0 Å². The molecule has 0 aromatic carbocycles. The third-order valence-corrected chi connectivity index (χ3v) is 2.83. The summed E-state index contributed by atoms with van der Waals surface area (Å²) in [6.45, 7) is 4.11. The molecule has 1 aromatic rings. The molecule has 0 saturated heterocycles. The van der Waals surface area contributed by atoms with Crippen LogP contribution in [0.25, 0.3) is 0 Å². The summed E-state index contributed by atoms with van der Waals surface area (Å²) in [5, 5.41) is 16.6. The summed E-state index contributed by atoms with van der Waals surface area (Å²) in [5.41, 5.74) is -0.345. The van der Waals surface area contributed by atoms with E-state index in [9.17, 15) is 14.9 Å². The Morgan fingerprint density at radius 1 is 1.52 bits per heavy atom. The van der Waals surface area contributed by atoms with E-state index in [0.29, 0.717) is 0 Å². The fourth-order valence-electron chi connectivity index (χ4n) is 1.55. The number of aromatic nitrogens is 2. The van der Waals surface area contributed by atoms with Crippen molar-refractivity contribution < 1.29 is 14.5 Å². The van der Waals surface area contributed by atoms with E-state index in [-0.39, 0.29) is 42.3 Å². The molecule has 0 radical (unpaired) electrons. The monoisotopic (exact) mass is 297 g/mol. The lowest BCUT2D eigenvalue weighted by Gasteiger charge is -2.11. The van der Waals surface area contributed by atoms with Gasteiger partial charge in [-0.25, -0.2) is 4.98 Å². The first-order valence-electron chi connectivity index (χ1n) is 6.56. The molecule has 0 fully saturated rings. The Hall–Kier alpha value is -2.45. The van der Waals surface area contributed by atoms with Gasteiger partial charge in [-0.2, -0.15) is 4.98 Å². The number of anilines is 1. The molecule has 0 aliphatic heterocycles. The molecule has 1 unspecified atom stereocenters. The Morgan fingerprint density at radius 3 is 2.81 bits per heavy atom. The highest BCUT2D eigenvalue weighted by Crippen LogP contribution is 2.30. The number of ether oxygens (including phenoxy) is 1. The highest BCUT2D eigenvalue weighted by Gasteiger charge is 2.23. The van der Waals surface area contributed by atoms with Crippen LogP contribution in [0.2, 0.25) is 0 Å². The van der Waals surface area contributed by atoms with Crippen LogP contribution in [0.1, 0.15) is 26.7 Å². The molecule has 1 heterocycles. The van der Waals surface area contributed by atoms with Crippen molar-refractivity contribution in [3.05, 3.63) is 16.4 Å². The van der Waals surface area contributed by atoms with Crippen LogP contribution in [-0.2, 0) is 4.79 Å². The number of carbonyl (C=O) groups excluding carboxylic acids is 1. The Balaban J connectivity index is 2.64. The first-order valence-corrected chi connectivity index (χ1v) is 6.56. The van der Waals surface area contributed by atoms with Gasteiger partial charge in [0, 0.05) is 19.0 Å². The van der Waals surface area contributed by atoms with Gasteiger partial charge in [0.25, 0.3) is 5.88 Å². The highest BCUT2D eigenvalue weighted by molar-refractivity contribution is 5.76. The average molecular weight is 297 g/mol. The third kappa shape index (κ3) is 4.86. The molecule has 0 aliphatic rings. The van der Waals surface area contributed by atoms with Gasteiger partial charge in [0.2, 0.25) is 11.7 Å². The fraction of sp³-hybridized carbons (Fsp3) is 0.583. The summed E-state index contributed by atoms with van der Waals surface area (Å²) in [7, 11) is 1.29. The molecule has 1 atom stereocenters. The molecular weight excluding hydrogens is 278 g/mol. The van der Waals surface area contributed by atoms with Crippen LogP contribution in [0.5, 0.6) is 5.88 Å². The van der Waals surface area contributed by atoms with E-state index in [1.165, 1.54) is 7.11 Å². The lowest BCUT2D eigenvalue weighted by atomic mass is 10.2. The van der Waals surface area contributed by atoms with Gasteiger partial charge >= 0.3 is 5.69 Å². The standard InChI is InChI=1S/C12H19N5O4/c1-4-8(2)16-9(18)5-6-13-11-10(17(19)20)12(21-3)15-7-14-11/h7-8H,4-6H2,1-3H3,(H,16,18)(H,13,14,15). The van der Waals surface area contributed by atoms with E-state index < -0.39 is 4.92 Å². The van der Waals surface area contributed by atoms with Crippen LogP contribution in [0, 0.1) is 10.1 Å². The number of hydrogen-bond donors (Lipinski definition) is 2. The van der Waals surface area contributed by atoms with E-state index in [1.54, 1.807) is 0 Å². The third-order valence-electron chi connectivity index (χ3n) is 2.83. The summed E-state index contributed by atoms with van der Waals surface area (Å²) >= 11 is 0. The van der Waals surface area contributed by atoms with Gasteiger partial charge in [0.15, 0.2) is 0 Å². The average Bonchev–Trinajstić information content (AvgIpc) is 2.46. The van der Waals surface area contributed by atoms with Gasteiger partial charge < -0.3 is 15.4 Å². The molecule has 0 bridgehead atoms. The second-order valence-corrected chi connectivity index (χ2v) is 4.39. The quantitative estimate of drug-likeness (QED) is 0.544. The van der Waals surface area contributed by atoms with Crippen molar-refractivity contribution >= 4 is 17.4 Å². The van der Waals surface area contributed by atoms with Gasteiger partial charge in [0.05, 0.1) is 12.0 Å². The first-order chi connectivity index (χ1) is 9.99. The van der Waals surface area contributed by atoms with E-state index in [4.69, 9.17) is 4.74 Å².